The van der Waals surface area contributed by atoms with Crippen molar-refractivity contribution in [2.24, 2.45) is 0 Å². The highest BCUT2D eigenvalue weighted by atomic mass is 79.9. The van der Waals surface area contributed by atoms with Crippen LogP contribution in [0.25, 0.3) is 0 Å². The molecule has 0 aliphatic heterocycles. The fraction of sp³-hybridized carbons (Fsp3) is 0.692. The highest BCUT2D eigenvalue weighted by molar-refractivity contribution is 9.10. The summed E-state index contributed by atoms with van der Waals surface area (Å²) in [7, 11) is 0. The number of aromatic nitrogens is 2. The molecule has 1 heterocycles. The average molecular weight is 331 g/mol. The Bertz CT molecular complexity index is 395. The molecule has 1 aromatic heterocycles. The van der Waals surface area contributed by atoms with Crippen molar-refractivity contribution in [2.45, 2.75) is 40.3 Å². The van der Waals surface area contributed by atoms with Gasteiger partial charge in [-0.1, -0.05) is 13.8 Å². The molecule has 0 saturated heterocycles. The molecule has 0 aliphatic carbocycles. The second kappa shape index (κ2) is 7.65. The van der Waals surface area contributed by atoms with E-state index in [1.165, 1.54) is 0 Å². The Hall–Kier alpha value is -0.880. The fourth-order valence-corrected chi connectivity index (χ4v) is 2.27. The van der Waals surface area contributed by atoms with E-state index in [1.54, 1.807) is 4.68 Å². The summed E-state index contributed by atoms with van der Waals surface area (Å²) in [5, 5.41) is 7.25. The molecule has 0 saturated carbocycles. The van der Waals surface area contributed by atoms with Gasteiger partial charge in [-0.25, -0.2) is 0 Å². The number of nitrogens with one attached hydrogen (secondary N) is 1. The number of rotatable bonds is 7. The summed E-state index contributed by atoms with van der Waals surface area (Å²) in [4.78, 5) is 14.2. The number of carbonyl (C=O) groups excluding carboxylic acids is 1. The lowest BCUT2D eigenvalue weighted by Gasteiger charge is -2.23. The first-order valence-corrected chi connectivity index (χ1v) is 7.46. The van der Waals surface area contributed by atoms with Gasteiger partial charge in [0.05, 0.1) is 10.2 Å². The predicted molar refractivity (Wildman–Crippen MR) is 80.1 cm³/mol. The Labute approximate surface area is 123 Å². The van der Waals surface area contributed by atoms with E-state index in [-0.39, 0.29) is 18.5 Å². The summed E-state index contributed by atoms with van der Waals surface area (Å²) in [6.07, 6.45) is 1.82. The summed E-state index contributed by atoms with van der Waals surface area (Å²) in [5.41, 5.74) is 0.893. The number of amides is 1. The molecule has 0 fully saturated rings. The van der Waals surface area contributed by atoms with Gasteiger partial charge in [0.25, 0.3) is 0 Å². The van der Waals surface area contributed by atoms with Crippen LogP contribution in [-0.4, -0.2) is 46.3 Å². The molecule has 1 N–H and O–H groups in total. The second-order valence-electron chi connectivity index (χ2n) is 4.71. The molecular formula is C13H23BrN4O. The zero-order valence-electron chi connectivity index (χ0n) is 12.1. The molecule has 0 spiro atoms. The number of aryl methyl sites for hydroxylation is 1. The van der Waals surface area contributed by atoms with E-state index >= 15 is 0 Å². The van der Waals surface area contributed by atoms with E-state index in [1.807, 2.05) is 20.0 Å². The molecular weight excluding hydrogens is 308 g/mol. The SMILES string of the molecule is CCN(CC)CC(C)NC(=O)Cn1cc(Br)c(C)n1. The van der Waals surface area contributed by atoms with Gasteiger partial charge in [0.15, 0.2) is 0 Å². The average Bonchev–Trinajstić information content (AvgIpc) is 2.64. The molecule has 0 aliphatic rings. The third-order valence-electron chi connectivity index (χ3n) is 3.03. The number of carbonyl (C=O) groups is 1. The number of halogens is 1. The Morgan fingerprint density at radius 3 is 2.63 bits per heavy atom. The van der Waals surface area contributed by atoms with Crippen LogP contribution in [-0.2, 0) is 11.3 Å². The van der Waals surface area contributed by atoms with Crippen LogP contribution in [0, 0.1) is 6.92 Å². The number of hydrogen-bond donors (Lipinski definition) is 1. The highest BCUT2D eigenvalue weighted by Gasteiger charge is 2.12. The van der Waals surface area contributed by atoms with Crippen molar-refractivity contribution in [3.8, 4) is 0 Å². The second-order valence-corrected chi connectivity index (χ2v) is 5.57. The van der Waals surface area contributed by atoms with Gasteiger partial charge in [-0.3, -0.25) is 9.48 Å². The van der Waals surface area contributed by atoms with Crippen LogP contribution in [0.5, 0.6) is 0 Å². The molecule has 1 aromatic rings. The van der Waals surface area contributed by atoms with Crippen LogP contribution < -0.4 is 5.32 Å². The molecule has 19 heavy (non-hydrogen) atoms. The molecule has 108 valence electrons. The summed E-state index contributed by atoms with van der Waals surface area (Å²) in [6, 6.07) is 0.146. The molecule has 0 aromatic carbocycles. The molecule has 1 rings (SSSR count). The van der Waals surface area contributed by atoms with E-state index in [0.717, 1.165) is 29.8 Å². The van der Waals surface area contributed by atoms with Crippen LogP contribution in [0.4, 0.5) is 0 Å². The first-order valence-electron chi connectivity index (χ1n) is 6.67. The fourth-order valence-electron chi connectivity index (χ4n) is 1.96. The maximum atomic E-state index is 11.9. The lowest BCUT2D eigenvalue weighted by molar-refractivity contribution is -0.122. The van der Waals surface area contributed by atoms with Crippen molar-refractivity contribution in [1.82, 2.24) is 20.0 Å². The van der Waals surface area contributed by atoms with Gasteiger partial charge in [0, 0.05) is 18.8 Å². The first-order chi connectivity index (χ1) is 8.96. The summed E-state index contributed by atoms with van der Waals surface area (Å²) in [5.74, 6) is -0.00495. The quantitative estimate of drug-likeness (QED) is 0.829. The van der Waals surface area contributed by atoms with Crippen molar-refractivity contribution in [3.63, 3.8) is 0 Å². The zero-order chi connectivity index (χ0) is 14.4. The van der Waals surface area contributed by atoms with Crippen LogP contribution >= 0.6 is 15.9 Å². The van der Waals surface area contributed by atoms with Crippen LogP contribution in [0.2, 0.25) is 0 Å². The topological polar surface area (TPSA) is 50.2 Å². The van der Waals surface area contributed by atoms with Crippen molar-refractivity contribution in [2.75, 3.05) is 19.6 Å². The third kappa shape index (κ3) is 5.32. The van der Waals surface area contributed by atoms with E-state index in [0.29, 0.717) is 0 Å². The zero-order valence-corrected chi connectivity index (χ0v) is 13.7. The van der Waals surface area contributed by atoms with Crippen LogP contribution in [0.3, 0.4) is 0 Å². The summed E-state index contributed by atoms with van der Waals surface area (Å²) < 4.78 is 2.58. The van der Waals surface area contributed by atoms with E-state index in [2.05, 4.69) is 45.1 Å². The molecule has 1 atom stereocenters. The molecule has 1 unspecified atom stereocenters. The first kappa shape index (κ1) is 16.2. The number of likely N-dealkylation sites (N-methyl/N-ethyl adjacent to an activating group) is 1. The van der Waals surface area contributed by atoms with E-state index in [9.17, 15) is 4.79 Å². The maximum Gasteiger partial charge on any atom is 0.241 e. The smallest absolute Gasteiger partial charge is 0.241 e. The lowest BCUT2D eigenvalue weighted by atomic mass is 10.3. The van der Waals surface area contributed by atoms with E-state index < -0.39 is 0 Å². The minimum Gasteiger partial charge on any atom is -0.351 e. The van der Waals surface area contributed by atoms with Gasteiger partial charge in [-0.05, 0) is 42.9 Å². The van der Waals surface area contributed by atoms with E-state index in [4.69, 9.17) is 0 Å². The minimum atomic E-state index is -0.00495. The molecule has 0 bridgehead atoms. The third-order valence-corrected chi connectivity index (χ3v) is 3.80. The van der Waals surface area contributed by atoms with Gasteiger partial charge >= 0.3 is 0 Å². The van der Waals surface area contributed by atoms with Crippen molar-refractivity contribution in [3.05, 3.63) is 16.4 Å². The minimum absolute atomic E-state index is 0.00495. The number of hydrogen-bond acceptors (Lipinski definition) is 3. The van der Waals surface area contributed by atoms with Gasteiger partial charge in [-0.15, -0.1) is 0 Å². The lowest BCUT2D eigenvalue weighted by Crippen LogP contribution is -2.43. The Morgan fingerprint density at radius 2 is 2.16 bits per heavy atom. The normalized spacial score (nSPS) is 12.7. The molecule has 6 heteroatoms. The number of nitrogens with zero attached hydrogens (tertiary/aromatic N) is 3. The Morgan fingerprint density at radius 1 is 1.53 bits per heavy atom. The van der Waals surface area contributed by atoms with Crippen molar-refractivity contribution in [1.29, 1.82) is 0 Å². The predicted octanol–water partition coefficient (Wildman–Crippen LogP) is 1.80. The standard InChI is InChI=1S/C13H23BrN4O/c1-5-17(6-2)7-10(3)15-13(19)9-18-8-12(14)11(4)16-18/h8,10H,5-7,9H2,1-4H3,(H,15,19). The van der Waals surface area contributed by atoms with Gasteiger partial charge in [0.2, 0.25) is 5.91 Å². The summed E-state index contributed by atoms with van der Waals surface area (Å²) in [6.45, 7) is 11.3. The molecule has 5 nitrogen and oxygen atoms in total. The van der Waals surface area contributed by atoms with Crippen LogP contribution in [0.15, 0.2) is 10.7 Å². The van der Waals surface area contributed by atoms with Gasteiger partial charge < -0.3 is 10.2 Å². The molecule has 0 radical (unpaired) electrons. The van der Waals surface area contributed by atoms with Gasteiger partial charge in [-0.2, -0.15) is 5.10 Å². The van der Waals surface area contributed by atoms with Gasteiger partial charge in [0.1, 0.15) is 6.54 Å². The van der Waals surface area contributed by atoms with Crippen molar-refractivity contribution >= 4 is 21.8 Å². The summed E-state index contributed by atoms with van der Waals surface area (Å²) >= 11 is 3.39. The Kier molecular flexibility index (Phi) is 6.51. The Balaban J connectivity index is 2.42. The van der Waals surface area contributed by atoms with Crippen molar-refractivity contribution < 1.29 is 4.79 Å². The monoisotopic (exact) mass is 330 g/mol. The highest BCUT2D eigenvalue weighted by Crippen LogP contribution is 2.12. The van der Waals surface area contributed by atoms with Crippen LogP contribution in [0.1, 0.15) is 26.5 Å². The largest absolute Gasteiger partial charge is 0.351 e. The maximum absolute atomic E-state index is 11.9. The molecule has 1 amide bonds.